The van der Waals surface area contributed by atoms with Crippen molar-refractivity contribution in [3.05, 3.63) is 71.3 Å². The first kappa shape index (κ1) is 15.3. The fraction of sp³-hybridized carbons (Fsp3) is 0.318. The molecule has 2 aliphatic rings. The molecule has 0 bridgehead atoms. The van der Waals surface area contributed by atoms with Crippen LogP contribution in [-0.2, 0) is 5.41 Å². The summed E-state index contributed by atoms with van der Waals surface area (Å²) < 4.78 is 14.9. The Labute approximate surface area is 142 Å². The molecule has 24 heavy (non-hydrogen) atoms. The van der Waals surface area contributed by atoms with E-state index in [1.54, 1.807) is 6.08 Å². The molecule has 0 saturated heterocycles. The Hall–Kier alpha value is -2.22. The molecule has 122 valence electrons. The lowest BCUT2D eigenvalue weighted by Crippen LogP contribution is -2.30. The average Bonchev–Trinajstić information content (AvgIpc) is 2.58. The van der Waals surface area contributed by atoms with Crippen molar-refractivity contribution in [1.82, 2.24) is 4.98 Å². The van der Waals surface area contributed by atoms with Gasteiger partial charge in [0.2, 0.25) is 0 Å². The maximum atomic E-state index is 14.9. The third kappa shape index (κ3) is 2.02. The Bertz CT molecular complexity index is 907. The van der Waals surface area contributed by atoms with Crippen LogP contribution < -0.4 is 0 Å². The van der Waals surface area contributed by atoms with Gasteiger partial charge in [0.25, 0.3) is 0 Å². The lowest BCUT2D eigenvalue weighted by atomic mass is 9.64. The molecule has 0 radical (unpaired) electrons. The van der Waals surface area contributed by atoms with Crippen LogP contribution in [0.15, 0.2) is 60.1 Å². The van der Waals surface area contributed by atoms with Crippen molar-refractivity contribution in [2.75, 3.05) is 0 Å². The molecule has 0 aliphatic heterocycles. The molecule has 1 atom stereocenters. The van der Waals surface area contributed by atoms with E-state index in [4.69, 9.17) is 4.98 Å². The van der Waals surface area contributed by atoms with E-state index in [9.17, 15) is 4.39 Å². The van der Waals surface area contributed by atoms with E-state index in [0.29, 0.717) is 5.92 Å². The summed E-state index contributed by atoms with van der Waals surface area (Å²) in [5, 5.41) is 2.39. The number of pyridine rings is 1. The Balaban J connectivity index is 2.08. The molecule has 2 aromatic rings. The van der Waals surface area contributed by atoms with E-state index in [-0.39, 0.29) is 11.2 Å². The number of aromatic nitrogens is 1. The zero-order valence-electron chi connectivity index (χ0n) is 14.4. The summed E-state index contributed by atoms with van der Waals surface area (Å²) in [6, 6.07) is 8.37. The Morgan fingerprint density at radius 3 is 2.92 bits per heavy atom. The van der Waals surface area contributed by atoms with Gasteiger partial charge in [-0.3, -0.25) is 4.98 Å². The summed E-state index contributed by atoms with van der Waals surface area (Å²) in [4.78, 5) is 4.70. The standard InChI is InChI=1S/C22H22FN/c1-4-5-7-14-10-11-17(23)20-19(14)21-18-15(12-13-24-21)8-6-9-16(18)22(20,2)3/h4-6,8-9,11-14H,7,10H2,1-3H3. The third-order valence-corrected chi connectivity index (χ3v) is 5.50. The molecule has 4 rings (SSSR count). The number of hydrogen-bond acceptors (Lipinski definition) is 1. The van der Waals surface area contributed by atoms with Crippen molar-refractivity contribution in [2.45, 2.75) is 39.0 Å². The number of fused-ring (bicyclic) bond motifs is 1. The van der Waals surface area contributed by atoms with Gasteiger partial charge in [0.15, 0.2) is 0 Å². The molecule has 0 fully saturated rings. The van der Waals surface area contributed by atoms with Gasteiger partial charge in [-0.15, -0.1) is 0 Å². The van der Waals surface area contributed by atoms with Crippen LogP contribution in [0, 0.1) is 5.92 Å². The van der Waals surface area contributed by atoms with Crippen LogP contribution in [0.3, 0.4) is 0 Å². The fourth-order valence-corrected chi connectivity index (χ4v) is 4.35. The van der Waals surface area contributed by atoms with E-state index in [1.165, 1.54) is 16.3 Å². The van der Waals surface area contributed by atoms with E-state index in [0.717, 1.165) is 29.7 Å². The van der Waals surface area contributed by atoms with Crippen LogP contribution in [0.1, 0.15) is 44.9 Å². The first-order valence-corrected chi connectivity index (χ1v) is 8.66. The zero-order valence-corrected chi connectivity index (χ0v) is 14.4. The second-order valence-corrected chi connectivity index (χ2v) is 7.27. The lowest BCUT2D eigenvalue weighted by molar-refractivity contribution is 0.524. The SMILES string of the molecule is CC=CCC1CC=C(F)C2=C1c1nccc3cccc(c13)C2(C)C. The van der Waals surface area contributed by atoms with Crippen LogP contribution in [-0.4, -0.2) is 4.98 Å². The molecule has 1 aromatic heterocycles. The molecule has 1 aromatic carbocycles. The zero-order chi connectivity index (χ0) is 16.9. The molecule has 2 aliphatic carbocycles. The van der Waals surface area contributed by atoms with Crippen LogP contribution >= 0.6 is 0 Å². The summed E-state index contributed by atoms with van der Waals surface area (Å²) in [6.45, 7) is 6.31. The third-order valence-electron chi connectivity index (χ3n) is 5.50. The predicted octanol–water partition coefficient (Wildman–Crippen LogP) is 6.12. The van der Waals surface area contributed by atoms with Crippen molar-refractivity contribution in [2.24, 2.45) is 5.92 Å². The summed E-state index contributed by atoms with van der Waals surface area (Å²) in [6.07, 6.45) is 9.54. The first-order chi connectivity index (χ1) is 11.6. The highest BCUT2D eigenvalue weighted by Gasteiger charge is 2.41. The van der Waals surface area contributed by atoms with Crippen LogP contribution in [0.2, 0.25) is 0 Å². The molecule has 1 heterocycles. The van der Waals surface area contributed by atoms with E-state index < -0.39 is 0 Å². The quantitative estimate of drug-likeness (QED) is 0.608. The molecular formula is C22H22FN. The van der Waals surface area contributed by atoms with Gasteiger partial charge in [0, 0.05) is 22.6 Å². The minimum atomic E-state index is -0.347. The minimum Gasteiger partial charge on any atom is -0.256 e. The topological polar surface area (TPSA) is 12.9 Å². The molecular weight excluding hydrogens is 297 g/mol. The van der Waals surface area contributed by atoms with Crippen LogP contribution in [0.5, 0.6) is 0 Å². The summed E-state index contributed by atoms with van der Waals surface area (Å²) in [5.41, 5.74) is 3.76. The predicted molar refractivity (Wildman–Crippen MR) is 98.4 cm³/mol. The summed E-state index contributed by atoms with van der Waals surface area (Å²) in [7, 11) is 0. The monoisotopic (exact) mass is 319 g/mol. The fourth-order valence-electron chi connectivity index (χ4n) is 4.35. The number of halogens is 1. The highest BCUT2D eigenvalue weighted by atomic mass is 19.1. The number of rotatable bonds is 2. The normalized spacial score (nSPS) is 22.0. The second kappa shape index (κ2) is 5.41. The van der Waals surface area contributed by atoms with Crippen molar-refractivity contribution >= 4 is 16.3 Å². The Morgan fingerprint density at radius 2 is 2.12 bits per heavy atom. The van der Waals surface area contributed by atoms with E-state index in [2.05, 4.69) is 50.3 Å². The lowest BCUT2D eigenvalue weighted by Gasteiger charge is -2.40. The smallest absolute Gasteiger partial charge is 0.123 e. The highest BCUT2D eigenvalue weighted by Crippen LogP contribution is 2.53. The minimum absolute atomic E-state index is 0.0694. The van der Waals surface area contributed by atoms with Gasteiger partial charge in [0.1, 0.15) is 5.83 Å². The van der Waals surface area contributed by atoms with Crippen molar-refractivity contribution < 1.29 is 4.39 Å². The maximum Gasteiger partial charge on any atom is 0.123 e. The van der Waals surface area contributed by atoms with Gasteiger partial charge >= 0.3 is 0 Å². The molecule has 0 saturated carbocycles. The van der Waals surface area contributed by atoms with Crippen molar-refractivity contribution in [3.8, 4) is 0 Å². The molecule has 1 unspecified atom stereocenters. The van der Waals surface area contributed by atoms with Crippen molar-refractivity contribution in [3.63, 3.8) is 0 Å². The van der Waals surface area contributed by atoms with Gasteiger partial charge in [0.05, 0.1) is 5.69 Å². The number of nitrogens with zero attached hydrogens (tertiary/aromatic N) is 1. The van der Waals surface area contributed by atoms with Gasteiger partial charge in [-0.25, -0.2) is 4.39 Å². The second-order valence-electron chi connectivity index (χ2n) is 7.27. The van der Waals surface area contributed by atoms with Crippen molar-refractivity contribution in [1.29, 1.82) is 0 Å². The first-order valence-electron chi connectivity index (χ1n) is 8.66. The molecule has 0 spiro atoms. The van der Waals surface area contributed by atoms with Crippen LogP contribution in [0.25, 0.3) is 16.3 Å². The molecule has 1 nitrogen and oxygen atoms in total. The maximum absolute atomic E-state index is 14.9. The van der Waals surface area contributed by atoms with Gasteiger partial charge < -0.3 is 0 Å². The Morgan fingerprint density at radius 1 is 1.29 bits per heavy atom. The molecule has 0 N–H and O–H groups in total. The molecule has 2 heteroatoms. The highest BCUT2D eigenvalue weighted by molar-refractivity contribution is 6.00. The molecule has 0 amide bonds. The van der Waals surface area contributed by atoms with Gasteiger partial charge in [-0.05, 0) is 54.3 Å². The Kier molecular flexibility index (Phi) is 3.45. The number of benzene rings is 1. The van der Waals surface area contributed by atoms with Crippen LogP contribution in [0.4, 0.5) is 4.39 Å². The van der Waals surface area contributed by atoms with Gasteiger partial charge in [-0.2, -0.15) is 0 Å². The summed E-state index contributed by atoms with van der Waals surface area (Å²) in [5.74, 6) is 0.224. The number of allylic oxidation sites excluding steroid dienone is 6. The largest absolute Gasteiger partial charge is 0.256 e. The van der Waals surface area contributed by atoms with E-state index in [1.807, 2.05) is 13.1 Å². The summed E-state index contributed by atoms with van der Waals surface area (Å²) >= 11 is 0. The van der Waals surface area contributed by atoms with E-state index >= 15 is 0 Å². The number of hydrogen-bond donors (Lipinski definition) is 0. The van der Waals surface area contributed by atoms with Gasteiger partial charge in [-0.1, -0.05) is 44.2 Å². The average molecular weight is 319 g/mol.